The number of hydrogen-bond acceptors (Lipinski definition) is 4. The number of fused-ring (bicyclic) bond motifs is 1. The van der Waals surface area contributed by atoms with Crippen molar-refractivity contribution < 1.29 is 14.2 Å². The first-order valence-corrected chi connectivity index (χ1v) is 6.49. The highest BCUT2D eigenvalue weighted by molar-refractivity contribution is 5.85. The Labute approximate surface area is 120 Å². The highest BCUT2D eigenvalue weighted by Gasteiger charge is 2.21. The zero-order valence-electron chi connectivity index (χ0n) is 11.5. The first-order chi connectivity index (χ1) is 8.76. The smallest absolute Gasteiger partial charge is 0.231 e. The van der Waals surface area contributed by atoms with Crippen LogP contribution in [0.15, 0.2) is 12.1 Å². The first-order valence-electron chi connectivity index (χ1n) is 6.49. The van der Waals surface area contributed by atoms with Gasteiger partial charge in [-0.1, -0.05) is 26.2 Å². The summed E-state index contributed by atoms with van der Waals surface area (Å²) in [5, 5.41) is 0. The summed E-state index contributed by atoms with van der Waals surface area (Å²) in [7, 11) is 1.63. The van der Waals surface area contributed by atoms with Crippen molar-refractivity contribution in [2.75, 3.05) is 13.9 Å². The largest absolute Gasteiger partial charge is 0.493 e. The van der Waals surface area contributed by atoms with Crippen LogP contribution in [-0.2, 0) is 0 Å². The second-order valence-electron chi connectivity index (χ2n) is 4.56. The summed E-state index contributed by atoms with van der Waals surface area (Å²) in [5.41, 5.74) is 7.25. The third kappa shape index (κ3) is 3.67. The minimum Gasteiger partial charge on any atom is -0.493 e. The summed E-state index contributed by atoms with van der Waals surface area (Å²) in [6.45, 7) is 2.44. The minimum absolute atomic E-state index is 0. The Morgan fingerprint density at radius 3 is 2.79 bits per heavy atom. The van der Waals surface area contributed by atoms with Gasteiger partial charge in [-0.15, -0.1) is 12.4 Å². The van der Waals surface area contributed by atoms with E-state index in [0.717, 1.165) is 24.2 Å². The van der Waals surface area contributed by atoms with Gasteiger partial charge in [-0.25, -0.2) is 0 Å². The van der Waals surface area contributed by atoms with Gasteiger partial charge in [0.15, 0.2) is 11.5 Å². The molecule has 1 aliphatic rings. The van der Waals surface area contributed by atoms with Crippen LogP contribution < -0.4 is 19.9 Å². The molecule has 19 heavy (non-hydrogen) atoms. The highest BCUT2D eigenvalue weighted by atomic mass is 35.5. The van der Waals surface area contributed by atoms with Crippen LogP contribution in [0.1, 0.15) is 44.2 Å². The zero-order chi connectivity index (χ0) is 13.0. The maximum atomic E-state index is 6.20. The van der Waals surface area contributed by atoms with Crippen LogP contribution >= 0.6 is 12.4 Å². The van der Waals surface area contributed by atoms with Crippen molar-refractivity contribution in [1.29, 1.82) is 0 Å². The lowest BCUT2D eigenvalue weighted by molar-refractivity contribution is 0.171. The van der Waals surface area contributed by atoms with E-state index in [9.17, 15) is 0 Å². The SMILES string of the molecule is CCCCC[C@H](N)c1cc(OC)c2c(c1)OCO2.Cl. The number of ether oxygens (including phenoxy) is 3. The average molecular weight is 288 g/mol. The normalized spacial score (nSPS) is 13.8. The van der Waals surface area contributed by atoms with Gasteiger partial charge in [0.1, 0.15) is 0 Å². The molecule has 4 nitrogen and oxygen atoms in total. The average Bonchev–Trinajstić information content (AvgIpc) is 2.85. The van der Waals surface area contributed by atoms with Crippen molar-refractivity contribution in [3.8, 4) is 17.2 Å². The molecule has 1 heterocycles. The third-order valence-corrected chi connectivity index (χ3v) is 3.23. The fraction of sp³-hybridized carbons (Fsp3) is 0.571. The Kier molecular flexibility index (Phi) is 6.25. The van der Waals surface area contributed by atoms with Gasteiger partial charge < -0.3 is 19.9 Å². The molecule has 0 aliphatic carbocycles. The Balaban J connectivity index is 0.00000180. The monoisotopic (exact) mass is 287 g/mol. The lowest BCUT2D eigenvalue weighted by Crippen LogP contribution is -2.10. The molecule has 0 radical (unpaired) electrons. The molecule has 0 aromatic heterocycles. The maximum Gasteiger partial charge on any atom is 0.231 e. The molecule has 108 valence electrons. The summed E-state index contributed by atoms with van der Waals surface area (Å²) < 4.78 is 16.1. The predicted octanol–water partition coefficient (Wildman–Crippen LogP) is 3.43. The quantitative estimate of drug-likeness (QED) is 0.815. The van der Waals surface area contributed by atoms with Crippen LogP contribution in [0.3, 0.4) is 0 Å². The van der Waals surface area contributed by atoms with Gasteiger partial charge >= 0.3 is 0 Å². The van der Waals surface area contributed by atoms with E-state index in [2.05, 4.69) is 6.92 Å². The van der Waals surface area contributed by atoms with Gasteiger partial charge in [0.05, 0.1) is 7.11 Å². The number of methoxy groups -OCH3 is 1. The number of rotatable bonds is 6. The number of unbranched alkanes of at least 4 members (excludes halogenated alkanes) is 2. The molecule has 0 saturated carbocycles. The molecule has 1 aromatic rings. The number of hydrogen-bond donors (Lipinski definition) is 1. The van der Waals surface area contributed by atoms with Crippen LogP contribution in [0.2, 0.25) is 0 Å². The minimum atomic E-state index is 0. The van der Waals surface area contributed by atoms with E-state index in [1.807, 2.05) is 12.1 Å². The Bertz CT molecular complexity index is 412. The third-order valence-electron chi connectivity index (χ3n) is 3.23. The molecule has 2 rings (SSSR count). The Morgan fingerprint density at radius 1 is 1.32 bits per heavy atom. The number of halogens is 1. The fourth-order valence-electron chi connectivity index (χ4n) is 2.14. The predicted molar refractivity (Wildman–Crippen MR) is 77.4 cm³/mol. The van der Waals surface area contributed by atoms with E-state index in [1.54, 1.807) is 7.11 Å². The molecule has 0 fully saturated rings. The van der Waals surface area contributed by atoms with Crippen molar-refractivity contribution in [1.82, 2.24) is 0 Å². The fourth-order valence-corrected chi connectivity index (χ4v) is 2.14. The van der Waals surface area contributed by atoms with Crippen LogP contribution in [0.4, 0.5) is 0 Å². The molecule has 0 unspecified atom stereocenters. The van der Waals surface area contributed by atoms with Crippen molar-refractivity contribution in [3.63, 3.8) is 0 Å². The van der Waals surface area contributed by atoms with E-state index < -0.39 is 0 Å². The molecule has 5 heteroatoms. The Hall–Kier alpha value is -1.13. The van der Waals surface area contributed by atoms with Gasteiger partial charge in [-0.05, 0) is 24.1 Å². The van der Waals surface area contributed by atoms with E-state index >= 15 is 0 Å². The van der Waals surface area contributed by atoms with Gasteiger partial charge in [0.2, 0.25) is 12.5 Å². The zero-order valence-corrected chi connectivity index (χ0v) is 12.3. The molecule has 1 aliphatic heterocycles. The second-order valence-corrected chi connectivity index (χ2v) is 4.56. The van der Waals surface area contributed by atoms with Crippen molar-refractivity contribution >= 4 is 12.4 Å². The summed E-state index contributed by atoms with van der Waals surface area (Å²) in [5.74, 6) is 2.11. The van der Waals surface area contributed by atoms with Crippen LogP contribution in [0.5, 0.6) is 17.2 Å². The molecule has 1 aromatic carbocycles. The molecule has 0 amide bonds. The van der Waals surface area contributed by atoms with E-state index in [0.29, 0.717) is 11.5 Å². The van der Waals surface area contributed by atoms with Crippen LogP contribution in [0, 0.1) is 0 Å². The molecule has 0 saturated heterocycles. The lowest BCUT2D eigenvalue weighted by atomic mass is 10.0. The summed E-state index contributed by atoms with van der Waals surface area (Å²) in [4.78, 5) is 0. The topological polar surface area (TPSA) is 53.7 Å². The van der Waals surface area contributed by atoms with Crippen LogP contribution in [0.25, 0.3) is 0 Å². The van der Waals surface area contributed by atoms with Crippen molar-refractivity contribution in [3.05, 3.63) is 17.7 Å². The number of benzene rings is 1. The van der Waals surface area contributed by atoms with Crippen molar-refractivity contribution in [2.24, 2.45) is 5.73 Å². The molecular formula is C14H22ClNO3. The molecular weight excluding hydrogens is 266 g/mol. The molecule has 1 atom stereocenters. The first kappa shape index (κ1) is 15.9. The maximum absolute atomic E-state index is 6.20. The van der Waals surface area contributed by atoms with Gasteiger partial charge in [0.25, 0.3) is 0 Å². The summed E-state index contributed by atoms with van der Waals surface area (Å²) in [6.07, 6.45) is 4.55. The summed E-state index contributed by atoms with van der Waals surface area (Å²) >= 11 is 0. The molecule has 2 N–H and O–H groups in total. The van der Waals surface area contributed by atoms with Crippen molar-refractivity contribution in [2.45, 2.75) is 38.6 Å². The van der Waals surface area contributed by atoms with E-state index in [4.69, 9.17) is 19.9 Å². The summed E-state index contributed by atoms with van der Waals surface area (Å²) in [6, 6.07) is 3.94. The molecule has 0 spiro atoms. The van der Waals surface area contributed by atoms with Gasteiger partial charge in [0, 0.05) is 6.04 Å². The standard InChI is InChI=1S/C14H21NO3.ClH/c1-3-4-5-6-11(15)10-7-12(16-2)14-13(8-10)17-9-18-14;/h7-8,11H,3-6,9,15H2,1-2H3;1H/t11-;/m0./s1. The van der Waals surface area contributed by atoms with Gasteiger partial charge in [-0.2, -0.15) is 0 Å². The molecule has 0 bridgehead atoms. The lowest BCUT2D eigenvalue weighted by Gasteiger charge is -2.14. The second kappa shape index (κ2) is 7.46. The van der Waals surface area contributed by atoms with Gasteiger partial charge in [-0.3, -0.25) is 0 Å². The van der Waals surface area contributed by atoms with Crippen LogP contribution in [-0.4, -0.2) is 13.9 Å². The highest BCUT2D eigenvalue weighted by Crippen LogP contribution is 2.43. The van der Waals surface area contributed by atoms with E-state index in [-0.39, 0.29) is 25.2 Å². The Morgan fingerprint density at radius 2 is 2.11 bits per heavy atom. The van der Waals surface area contributed by atoms with E-state index in [1.165, 1.54) is 12.8 Å². The number of nitrogens with two attached hydrogens (primary N) is 1.